The SMILES string of the molecule is C=CC[C@]1(C)O[C@H](C)[C@H]2OC(C)(C)O[C@H]21. The smallest absolute Gasteiger partial charge is 0.164 e. The van der Waals surface area contributed by atoms with Crippen molar-refractivity contribution in [2.45, 2.75) is 63.8 Å². The Hall–Kier alpha value is -0.380. The van der Waals surface area contributed by atoms with Gasteiger partial charge in [-0.2, -0.15) is 0 Å². The molecule has 3 nitrogen and oxygen atoms in total. The first-order valence-electron chi connectivity index (χ1n) is 5.52. The van der Waals surface area contributed by atoms with Gasteiger partial charge >= 0.3 is 0 Å². The third-order valence-electron chi connectivity index (χ3n) is 3.20. The molecule has 0 aromatic carbocycles. The lowest BCUT2D eigenvalue weighted by Gasteiger charge is -2.30. The van der Waals surface area contributed by atoms with E-state index in [0.717, 1.165) is 6.42 Å². The third kappa shape index (κ3) is 1.73. The van der Waals surface area contributed by atoms with Gasteiger partial charge in [-0.15, -0.1) is 6.58 Å². The minimum Gasteiger partial charge on any atom is -0.366 e. The Balaban J connectivity index is 2.22. The van der Waals surface area contributed by atoms with Gasteiger partial charge in [0.15, 0.2) is 5.79 Å². The largest absolute Gasteiger partial charge is 0.366 e. The van der Waals surface area contributed by atoms with Crippen molar-refractivity contribution < 1.29 is 14.2 Å². The van der Waals surface area contributed by atoms with Gasteiger partial charge in [0.1, 0.15) is 12.2 Å². The number of fused-ring (bicyclic) bond motifs is 1. The van der Waals surface area contributed by atoms with Crippen LogP contribution < -0.4 is 0 Å². The second-order valence-electron chi connectivity index (χ2n) is 5.15. The van der Waals surface area contributed by atoms with Crippen LogP contribution in [0.3, 0.4) is 0 Å². The predicted molar refractivity (Wildman–Crippen MR) is 57.6 cm³/mol. The highest BCUT2D eigenvalue weighted by molar-refractivity contribution is 5.06. The highest BCUT2D eigenvalue weighted by atomic mass is 16.8. The number of rotatable bonds is 2. The summed E-state index contributed by atoms with van der Waals surface area (Å²) in [6.07, 6.45) is 2.81. The fraction of sp³-hybridized carbons (Fsp3) is 0.833. The average molecular weight is 212 g/mol. The molecule has 2 heterocycles. The molecule has 0 N–H and O–H groups in total. The van der Waals surface area contributed by atoms with Gasteiger partial charge in [0.2, 0.25) is 0 Å². The van der Waals surface area contributed by atoms with E-state index >= 15 is 0 Å². The van der Waals surface area contributed by atoms with Crippen LogP contribution in [0.1, 0.15) is 34.1 Å². The van der Waals surface area contributed by atoms with E-state index in [1.807, 2.05) is 26.8 Å². The van der Waals surface area contributed by atoms with E-state index in [1.54, 1.807) is 0 Å². The second kappa shape index (κ2) is 3.30. The number of hydrogen-bond acceptors (Lipinski definition) is 3. The molecule has 0 spiro atoms. The van der Waals surface area contributed by atoms with Crippen LogP contribution in [0.4, 0.5) is 0 Å². The molecule has 0 bridgehead atoms. The summed E-state index contributed by atoms with van der Waals surface area (Å²) in [7, 11) is 0. The zero-order valence-electron chi connectivity index (χ0n) is 9.95. The van der Waals surface area contributed by atoms with Crippen LogP contribution >= 0.6 is 0 Å². The molecule has 0 unspecified atom stereocenters. The molecule has 2 saturated heterocycles. The van der Waals surface area contributed by atoms with Crippen molar-refractivity contribution in [2.24, 2.45) is 0 Å². The molecule has 0 saturated carbocycles. The Morgan fingerprint density at radius 1 is 1.20 bits per heavy atom. The van der Waals surface area contributed by atoms with Crippen LogP contribution in [0.2, 0.25) is 0 Å². The Kier molecular flexibility index (Phi) is 2.45. The summed E-state index contributed by atoms with van der Waals surface area (Å²) in [5.41, 5.74) is -0.292. The van der Waals surface area contributed by atoms with E-state index in [9.17, 15) is 0 Å². The van der Waals surface area contributed by atoms with Crippen LogP contribution in [0.25, 0.3) is 0 Å². The first-order valence-corrected chi connectivity index (χ1v) is 5.52. The lowest BCUT2D eigenvalue weighted by Crippen LogP contribution is -2.40. The summed E-state index contributed by atoms with van der Waals surface area (Å²) in [6.45, 7) is 11.8. The molecule has 86 valence electrons. The summed E-state index contributed by atoms with van der Waals surface area (Å²) in [4.78, 5) is 0. The van der Waals surface area contributed by atoms with E-state index in [2.05, 4.69) is 13.5 Å². The number of hydrogen-bond donors (Lipinski definition) is 0. The molecule has 2 fully saturated rings. The van der Waals surface area contributed by atoms with Crippen molar-refractivity contribution in [3.8, 4) is 0 Å². The lowest BCUT2D eigenvalue weighted by atomic mass is 9.93. The lowest BCUT2D eigenvalue weighted by molar-refractivity contribution is -0.202. The van der Waals surface area contributed by atoms with E-state index in [4.69, 9.17) is 14.2 Å². The summed E-state index contributed by atoms with van der Waals surface area (Å²) in [5.74, 6) is -0.490. The molecule has 2 rings (SSSR count). The minimum absolute atomic E-state index is 0.0144. The molecule has 2 aliphatic rings. The minimum atomic E-state index is -0.490. The zero-order valence-corrected chi connectivity index (χ0v) is 9.95. The van der Waals surface area contributed by atoms with Crippen molar-refractivity contribution in [3.05, 3.63) is 12.7 Å². The van der Waals surface area contributed by atoms with Gasteiger partial charge in [0, 0.05) is 0 Å². The van der Waals surface area contributed by atoms with Gasteiger partial charge < -0.3 is 14.2 Å². The van der Waals surface area contributed by atoms with Gasteiger partial charge in [-0.05, 0) is 34.1 Å². The molecule has 0 amide bonds. The molecule has 3 heteroatoms. The summed E-state index contributed by atoms with van der Waals surface area (Å²) < 4.78 is 17.7. The van der Waals surface area contributed by atoms with Crippen molar-refractivity contribution in [1.29, 1.82) is 0 Å². The van der Waals surface area contributed by atoms with Gasteiger partial charge in [-0.25, -0.2) is 0 Å². The third-order valence-corrected chi connectivity index (χ3v) is 3.20. The van der Waals surface area contributed by atoms with Crippen LogP contribution in [0.15, 0.2) is 12.7 Å². The van der Waals surface area contributed by atoms with Crippen molar-refractivity contribution in [1.82, 2.24) is 0 Å². The molecule has 0 radical (unpaired) electrons. The van der Waals surface area contributed by atoms with Crippen LogP contribution in [-0.4, -0.2) is 29.7 Å². The Bertz CT molecular complexity index is 274. The quantitative estimate of drug-likeness (QED) is 0.657. The Morgan fingerprint density at radius 3 is 2.47 bits per heavy atom. The molecular weight excluding hydrogens is 192 g/mol. The average Bonchev–Trinajstić information content (AvgIpc) is 2.50. The van der Waals surface area contributed by atoms with Gasteiger partial charge in [0.05, 0.1) is 11.7 Å². The predicted octanol–water partition coefficient (Wildman–Crippen LogP) is 2.26. The first kappa shape index (κ1) is 11.1. The Morgan fingerprint density at radius 2 is 1.87 bits per heavy atom. The van der Waals surface area contributed by atoms with E-state index < -0.39 is 5.79 Å². The summed E-state index contributed by atoms with van der Waals surface area (Å²) >= 11 is 0. The van der Waals surface area contributed by atoms with Crippen molar-refractivity contribution in [3.63, 3.8) is 0 Å². The topological polar surface area (TPSA) is 27.7 Å². The van der Waals surface area contributed by atoms with Crippen molar-refractivity contribution >= 4 is 0 Å². The summed E-state index contributed by atoms with van der Waals surface area (Å²) in [5, 5.41) is 0. The highest BCUT2D eigenvalue weighted by Gasteiger charge is 2.58. The van der Waals surface area contributed by atoms with E-state index in [0.29, 0.717) is 0 Å². The Labute approximate surface area is 91.4 Å². The molecule has 0 aliphatic carbocycles. The fourth-order valence-electron chi connectivity index (χ4n) is 2.61. The molecule has 15 heavy (non-hydrogen) atoms. The maximum Gasteiger partial charge on any atom is 0.164 e. The number of ether oxygens (including phenoxy) is 3. The van der Waals surface area contributed by atoms with Gasteiger partial charge in [0.25, 0.3) is 0 Å². The van der Waals surface area contributed by atoms with Crippen LogP contribution in [-0.2, 0) is 14.2 Å². The van der Waals surface area contributed by atoms with Gasteiger partial charge in [-0.3, -0.25) is 0 Å². The molecular formula is C12H20O3. The normalized spacial score (nSPS) is 47.9. The van der Waals surface area contributed by atoms with Crippen LogP contribution in [0.5, 0.6) is 0 Å². The fourth-order valence-corrected chi connectivity index (χ4v) is 2.61. The highest BCUT2D eigenvalue weighted by Crippen LogP contribution is 2.45. The maximum absolute atomic E-state index is 5.93. The van der Waals surface area contributed by atoms with Crippen molar-refractivity contribution in [2.75, 3.05) is 0 Å². The first-order chi connectivity index (χ1) is 6.88. The maximum atomic E-state index is 5.93. The second-order valence-corrected chi connectivity index (χ2v) is 5.15. The summed E-state index contributed by atoms with van der Waals surface area (Å²) in [6, 6.07) is 0. The van der Waals surface area contributed by atoms with E-state index in [-0.39, 0.29) is 23.9 Å². The molecule has 0 aromatic rings. The monoisotopic (exact) mass is 212 g/mol. The van der Waals surface area contributed by atoms with Crippen LogP contribution in [0, 0.1) is 0 Å². The van der Waals surface area contributed by atoms with E-state index in [1.165, 1.54) is 0 Å². The zero-order chi connectivity index (χ0) is 11.3. The van der Waals surface area contributed by atoms with Gasteiger partial charge in [-0.1, -0.05) is 6.08 Å². The standard InChI is InChI=1S/C12H20O3/c1-6-7-12(5)10-9(8(2)13-12)14-11(3,4)15-10/h6,8-10H,1,7H2,2-5H3/t8-,9-,10-,12+/m1/s1. The molecule has 4 atom stereocenters. The molecule has 2 aliphatic heterocycles. The molecule has 0 aromatic heterocycles.